The van der Waals surface area contributed by atoms with Gasteiger partial charge in [-0.1, -0.05) is 18.2 Å². The number of benzene rings is 1. The zero-order valence-electron chi connectivity index (χ0n) is 16.4. The molecule has 1 fully saturated rings. The normalized spacial score (nSPS) is 22.7. The number of hydrogen-bond donors (Lipinski definition) is 0. The van der Waals surface area contributed by atoms with Crippen LogP contribution >= 0.6 is 0 Å². The van der Waals surface area contributed by atoms with E-state index in [1.165, 1.54) is 0 Å². The van der Waals surface area contributed by atoms with Crippen LogP contribution in [0.4, 0.5) is 0 Å². The van der Waals surface area contributed by atoms with E-state index >= 15 is 0 Å². The molecule has 4 rings (SSSR count). The lowest BCUT2D eigenvalue weighted by Gasteiger charge is -2.21. The molecule has 1 aromatic carbocycles. The van der Waals surface area contributed by atoms with Crippen LogP contribution in [0.5, 0.6) is 5.75 Å². The Kier molecular flexibility index (Phi) is 4.69. The van der Waals surface area contributed by atoms with Crippen molar-refractivity contribution in [1.82, 2.24) is 14.7 Å². The van der Waals surface area contributed by atoms with Gasteiger partial charge in [-0.05, 0) is 31.9 Å². The van der Waals surface area contributed by atoms with Crippen LogP contribution in [0.2, 0.25) is 0 Å². The van der Waals surface area contributed by atoms with Gasteiger partial charge in [0.1, 0.15) is 5.75 Å². The molecule has 1 amide bonds. The fourth-order valence-electron chi connectivity index (χ4n) is 4.13. The summed E-state index contributed by atoms with van der Waals surface area (Å²) in [5.74, 6) is 1.06. The SMILES string of the molecule is Cc1nn([C@@H]2CCS(=O)(=O)C2)c(C)c1CN(C)C(=O)[C@@H]1Cc2ccccc2O1. The number of likely N-dealkylation sites (N-methyl/N-ethyl adjacent to an activating group) is 1. The molecule has 2 atom stereocenters. The van der Waals surface area contributed by atoms with Gasteiger partial charge in [0.05, 0.1) is 23.2 Å². The predicted octanol–water partition coefficient (Wildman–Crippen LogP) is 1.82. The van der Waals surface area contributed by atoms with E-state index in [2.05, 4.69) is 5.10 Å². The number of para-hydroxylation sites is 1. The number of ether oxygens (including phenoxy) is 1. The van der Waals surface area contributed by atoms with Crippen molar-refractivity contribution in [3.05, 3.63) is 46.8 Å². The van der Waals surface area contributed by atoms with Gasteiger partial charge < -0.3 is 9.64 Å². The molecule has 7 nitrogen and oxygen atoms in total. The van der Waals surface area contributed by atoms with Gasteiger partial charge in [-0.2, -0.15) is 5.10 Å². The zero-order valence-corrected chi connectivity index (χ0v) is 17.2. The van der Waals surface area contributed by atoms with Crippen LogP contribution in [0.15, 0.2) is 24.3 Å². The lowest BCUT2D eigenvalue weighted by molar-refractivity contribution is -0.137. The van der Waals surface area contributed by atoms with Gasteiger partial charge >= 0.3 is 0 Å². The zero-order chi connectivity index (χ0) is 20.1. The first-order chi connectivity index (χ1) is 13.2. The number of rotatable bonds is 4. The summed E-state index contributed by atoms with van der Waals surface area (Å²) in [5, 5.41) is 4.58. The quantitative estimate of drug-likeness (QED) is 0.778. The monoisotopic (exact) mass is 403 g/mol. The first-order valence-electron chi connectivity index (χ1n) is 9.49. The maximum absolute atomic E-state index is 12.9. The number of sulfone groups is 1. The third-order valence-corrected chi connectivity index (χ3v) is 7.47. The molecule has 0 aliphatic carbocycles. The number of carbonyl (C=O) groups excluding carboxylic acids is 1. The number of carbonyl (C=O) groups is 1. The molecule has 2 aliphatic rings. The molecular weight excluding hydrogens is 378 g/mol. The Morgan fingerprint density at radius 1 is 1.32 bits per heavy atom. The summed E-state index contributed by atoms with van der Waals surface area (Å²) in [6, 6.07) is 7.60. The molecule has 0 bridgehead atoms. The number of amides is 1. The molecule has 2 aliphatic heterocycles. The van der Waals surface area contributed by atoms with Crippen LogP contribution < -0.4 is 4.74 Å². The fourth-order valence-corrected chi connectivity index (χ4v) is 5.82. The molecule has 1 aromatic heterocycles. The molecule has 0 radical (unpaired) electrons. The van der Waals surface area contributed by atoms with Crippen molar-refractivity contribution in [2.24, 2.45) is 0 Å². The van der Waals surface area contributed by atoms with Gasteiger partial charge in [0, 0.05) is 31.3 Å². The molecular formula is C20H25N3O4S. The van der Waals surface area contributed by atoms with E-state index in [1.807, 2.05) is 42.8 Å². The minimum Gasteiger partial charge on any atom is -0.480 e. The first kappa shape index (κ1) is 19.0. The van der Waals surface area contributed by atoms with Crippen molar-refractivity contribution in [1.29, 1.82) is 0 Å². The first-order valence-corrected chi connectivity index (χ1v) is 11.3. The average Bonchev–Trinajstić information content (AvgIpc) is 3.32. The molecule has 28 heavy (non-hydrogen) atoms. The third-order valence-electron chi connectivity index (χ3n) is 5.72. The highest BCUT2D eigenvalue weighted by Gasteiger charge is 2.33. The molecule has 150 valence electrons. The van der Waals surface area contributed by atoms with E-state index in [1.54, 1.807) is 11.9 Å². The largest absolute Gasteiger partial charge is 0.480 e. The fraction of sp³-hybridized carbons (Fsp3) is 0.500. The number of aryl methyl sites for hydroxylation is 1. The van der Waals surface area contributed by atoms with E-state index < -0.39 is 15.9 Å². The molecule has 8 heteroatoms. The maximum Gasteiger partial charge on any atom is 0.264 e. The summed E-state index contributed by atoms with van der Waals surface area (Å²) in [7, 11) is -1.21. The van der Waals surface area contributed by atoms with Gasteiger partial charge in [-0.3, -0.25) is 9.48 Å². The summed E-state index contributed by atoms with van der Waals surface area (Å²) in [4.78, 5) is 14.6. The van der Waals surface area contributed by atoms with Gasteiger partial charge in [0.25, 0.3) is 5.91 Å². The molecule has 2 aromatic rings. The van der Waals surface area contributed by atoms with Crippen LogP contribution in [0, 0.1) is 13.8 Å². The Morgan fingerprint density at radius 2 is 2.07 bits per heavy atom. The van der Waals surface area contributed by atoms with E-state index in [0.29, 0.717) is 19.4 Å². The van der Waals surface area contributed by atoms with Crippen molar-refractivity contribution < 1.29 is 17.9 Å². The van der Waals surface area contributed by atoms with Crippen LogP contribution in [0.25, 0.3) is 0 Å². The Balaban J connectivity index is 1.48. The van der Waals surface area contributed by atoms with Gasteiger partial charge in [0.15, 0.2) is 15.9 Å². The Bertz CT molecular complexity index is 1000. The Hall–Kier alpha value is -2.35. The van der Waals surface area contributed by atoms with E-state index in [9.17, 15) is 13.2 Å². The standard InChI is InChI=1S/C20H25N3O4S/c1-13-17(14(2)23(21-13)16-8-9-28(25,26)12-16)11-22(3)20(24)19-10-15-6-4-5-7-18(15)27-19/h4-7,16,19H,8-12H2,1-3H3/t16-,19+/m1/s1. The van der Waals surface area contributed by atoms with Crippen molar-refractivity contribution >= 4 is 15.7 Å². The highest BCUT2D eigenvalue weighted by atomic mass is 32.2. The van der Waals surface area contributed by atoms with E-state index in [0.717, 1.165) is 28.3 Å². The van der Waals surface area contributed by atoms with Crippen LogP contribution in [-0.2, 0) is 27.6 Å². The second-order valence-corrected chi connectivity index (χ2v) is 9.99. The predicted molar refractivity (Wildman–Crippen MR) is 105 cm³/mol. The smallest absolute Gasteiger partial charge is 0.264 e. The lowest BCUT2D eigenvalue weighted by Crippen LogP contribution is -2.38. The maximum atomic E-state index is 12.9. The van der Waals surface area contributed by atoms with E-state index in [4.69, 9.17) is 4.74 Å². The van der Waals surface area contributed by atoms with Crippen molar-refractivity contribution in [2.75, 3.05) is 18.6 Å². The number of hydrogen-bond acceptors (Lipinski definition) is 5. The Labute approximate surface area is 165 Å². The molecule has 0 saturated carbocycles. The second-order valence-electron chi connectivity index (χ2n) is 7.76. The molecule has 0 N–H and O–H groups in total. The number of fused-ring (bicyclic) bond motifs is 1. The van der Waals surface area contributed by atoms with Crippen LogP contribution in [-0.4, -0.2) is 53.7 Å². The van der Waals surface area contributed by atoms with Crippen molar-refractivity contribution in [3.63, 3.8) is 0 Å². The minimum absolute atomic E-state index is 0.0637. The lowest BCUT2D eigenvalue weighted by atomic mass is 10.1. The van der Waals surface area contributed by atoms with E-state index in [-0.39, 0.29) is 23.5 Å². The van der Waals surface area contributed by atoms with Crippen molar-refractivity contribution in [3.8, 4) is 5.75 Å². The van der Waals surface area contributed by atoms with Crippen molar-refractivity contribution in [2.45, 2.75) is 45.4 Å². The number of nitrogens with zero attached hydrogens (tertiary/aromatic N) is 3. The van der Waals surface area contributed by atoms with Crippen LogP contribution in [0.3, 0.4) is 0 Å². The highest BCUT2D eigenvalue weighted by molar-refractivity contribution is 7.91. The van der Waals surface area contributed by atoms with Gasteiger partial charge in [-0.15, -0.1) is 0 Å². The third kappa shape index (κ3) is 3.41. The summed E-state index contributed by atoms with van der Waals surface area (Å²) >= 11 is 0. The topological polar surface area (TPSA) is 81.5 Å². The summed E-state index contributed by atoms with van der Waals surface area (Å²) in [6.45, 7) is 4.27. The molecule has 0 unspecified atom stereocenters. The minimum atomic E-state index is -2.98. The molecule has 1 saturated heterocycles. The van der Waals surface area contributed by atoms with Gasteiger partial charge in [-0.25, -0.2) is 8.42 Å². The highest BCUT2D eigenvalue weighted by Crippen LogP contribution is 2.30. The Morgan fingerprint density at radius 3 is 2.75 bits per heavy atom. The molecule has 3 heterocycles. The molecule has 0 spiro atoms. The summed E-state index contributed by atoms with van der Waals surface area (Å²) < 4.78 is 31.3. The number of aromatic nitrogens is 2. The second kappa shape index (κ2) is 6.92. The van der Waals surface area contributed by atoms with Gasteiger partial charge in [0.2, 0.25) is 0 Å². The van der Waals surface area contributed by atoms with Crippen LogP contribution in [0.1, 0.15) is 35.0 Å². The summed E-state index contributed by atoms with van der Waals surface area (Å²) in [6.07, 6.45) is 0.668. The summed E-state index contributed by atoms with van der Waals surface area (Å²) in [5.41, 5.74) is 3.78. The average molecular weight is 404 g/mol.